The predicted molar refractivity (Wildman–Crippen MR) is 106 cm³/mol. The molecule has 0 bridgehead atoms. The van der Waals surface area contributed by atoms with Crippen LogP contribution in [-0.4, -0.2) is 35.2 Å². The number of carbonyl (C=O) groups is 3. The summed E-state index contributed by atoms with van der Waals surface area (Å²) in [4.78, 5) is 42.1. The van der Waals surface area contributed by atoms with Crippen molar-refractivity contribution in [3.8, 4) is 0 Å². The average Bonchev–Trinajstić information content (AvgIpc) is 3.27. The van der Waals surface area contributed by atoms with E-state index in [2.05, 4.69) is 0 Å². The molecule has 0 saturated heterocycles. The van der Waals surface area contributed by atoms with Crippen LogP contribution in [0.5, 0.6) is 0 Å². The molecule has 0 radical (unpaired) electrons. The number of rotatable bonds is 2. The van der Waals surface area contributed by atoms with Gasteiger partial charge in [0.1, 0.15) is 0 Å². The lowest BCUT2D eigenvalue weighted by atomic mass is 9.94. The Balaban J connectivity index is 1.45. The highest BCUT2D eigenvalue weighted by atomic mass is 16.2. The van der Waals surface area contributed by atoms with E-state index in [-0.39, 0.29) is 23.8 Å². The molecule has 0 N–H and O–H groups in total. The van der Waals surface area contributed by atoms with Crippen LogP contribution in [0.25, 0.3) is 0 Å². The van der Waals surface area contributed by atoms with E-state index in [1.807, 2.05) is 24.3 Å². The number of hydrogen-bond donors (Lipinski definition) is 0. The fraction of sp³-hybridized carbons (Fsp3) is 0.348. The van der Waals surface area contributed by atoms with Gasteiger partial charge in [0.05, 0.1) is 11.1 Å². The van der Waals surface area contributed by atoms with Crippen molar-refractivity contribution >= 4 is 23.4 Å². The summed E-state index contributed by atoms with van der Waals surface area (Å²) in [5, 5.41) is 0. The van der Waals surface area contributed by atoms with Crippen molar-refractivity contribution < 1.29 is 14.4 Å². The number of hydrogen-bond acceptors (Lipinski definition) is 3. The Labute approximate surface area is 163 Å². The van der Waals surface area contributed by atoms with Crippen molar-refractivity contribution in [3.05, 3.63) is 64.7 Å². The number of benzene rings is 2. The smallest absolute Gasteiger partial charge is 0.261 e. The van der Waals surface area contributed by atoms with E-state index in [0.29, 0.717) is 23.2 Å². The molecule has 1 fully saturated rings. The predicted octanol–water partition coefficient (Wildman–Crippen LogP) is 3.82. The van der Waals surface area contributed by atoms with E-state index >= 15 is 0 Å². The standard InChI is InChI=1S/C23H22N2O3/c26-21(24-13-12-15-6-4-5-9-20(15)24)16-10-11-18-19(14-16)23(28)25(22(18)27)17-7-2-1-3-8-17/h4-6,9-11,14,17H,1-3,7-8,12-13H2. The highest BCUT2D eigenvalue weighted by Gasteiger charge is 2.40. The summed E-state index contributed by atoms with van der Waals surface area (Å²) in [6, 6.07) is 12.8. The normalized spacial score (nSPS) is 19.1. The first kappa shape index (κ1) is 17.2. The zero-order valence-electron chi connectivity index (χ0n) is 15.7. The van der Waals surface area contributed by atoms with Crippen LogP contribution in [0.1, 0.15) is 68.7 Å². The Bertz CT molecular complexity index is 991. The van der Waals surface area contributed by atoms with Crippen molar-refractivity contribution in [1.29, 1.82) is 0 Å². The maximum Gasteiger partial charge on any atom is 0.261 e. The van der Waals surface area contributed by atoms with Gasteiger partial charge in [0, 0.05) is 23.8 Å². The molecule has 2 aromatic carbocycles. The molecule has 5 rings (SSSR count). The highest BCUT2D eigenvalue weighted by Crippen LogP contribution is 2.33. The molecule has 5 heteroatoms. The molecule has 1 aliphatic carbocycles. The van der Waals surface area contributed by atoms with Crippen LogP contribution in [0.4, 0.5) is 5.69 Å². The molecule has 1 saturated carbocycles. The van der Waals surface area contributed by atoms with Crippen LogP contribution in [0.3, 0.4) is 0 Å². The van der Waals surface area contributed by atoms with Crippen LogP contribution < -0.4 is 4.90 Å². The molecule has 0 unspecified atom stereocenters. The summed E-state index contributed by atoms with van der Waals surface area (Å²) in [6.07, 6.45) is 5.85. The van der Waals surface area contributed by atoms with Gasteiger partial charge >= 0.3 is 0 Å². The second-order valence-electron chi connectivity index (χ2n) is 7.87. The van der Waals surface area contributed by atoms with Crippen molar-refractivity contribution in [2.45, 2.75) is 44.6 Å². The molecule has 5 nitrogen and oxygen atoms in total. The van der Waals surface area contributed by atoms with Gasteiger partial charge in [-0.05, 0) is 49.1 Å². The van der Waals surface area contributed by atoms with Crippen molar-refractivity contribution in [2.75, 3.05) is 11.4 Å². The summed E-state index contributed by atoms with van der Waals surface area (Å²) in [5.41, 5.74) is 3.34. The molecule has 3 aliphatic rings. The molecule has 0 atom stereocenters. The SMILES string of the molecule is O=C(c1ccc2c(c1)C(=O)N(C1CCCCC1)C2=O)N1CCc2ccccc21. The summed E-state index contributed by atoms with van der Waals surface area (Å²) < 4.78 is 0. The lowest BCUT2D eigenvalue weighted by Crippen LogP contribution is -2.40. The molecular formula is C23H22N2O3. The topological polar surface area (TPSA) is 57.7 Å². The van der Waals surface area contributed by atoms with E-state index in [0.717, 1.165) is 49.8 Å². The third kappa shape index (κ3) is 2.57. The Kier molecular flexibility index (Phi) is 4.04. The molecule has 28 heavy (non-hydrogen) atoms. The van der Waals surface area contributed by atoms with Crippen LogP contribution in [0.2, 0.25) is 0 Å². The fourth-order valence-electron chi connectivity index (χ4n) is 4.77. The largest absolute Gasteiger partial charge is 0.308 e. The van der Waals surface area contributed by atoms with Crippen LogP contribution >= 0.6 is 0 Å². The summed E-state index contributed by atoms with van der Waals surface area (Å²) in [5.74, 6) is -0.579. The van der Waals surface area contributed by atoms with Crippen molar-refractivity contribution in [3.63, 3.8) is 0 Å². The van der Waals surface area contributed by atoms with Gasteiger partial charge in [0.15, 0.2) is 0 Å². The molecular weight excluding hydrogens is 352 g/mol. The first-order valence-electron chi connectivity index (χ1n) is 10.1. The average molecular weight is 374 g/mol. The molecule has 2 aliphatic heterocycles. The van der Waals surface area contributed by atoms with Crippen molar-refractivity contribution in [2.24, 2.45) is 0 Å². The van der Waals surface area contributed by atoms with E-state index in [4.69, 9.17) is 0 Å². The van der Waals surface area contributed by atoms with E-state index in [1.54, 1.807) is 23.1 Å². The van der Waals surface area contributed by atoms with Crippen LogP contribution in [0, 0.1) is 0 Å². The fourth-order valence-corrected chi connectivity index (χ4v) is 4.77. The number of amides is 3. The summed E-state index contributed by atoms with van der Waals surface area (Å²) >= 11 is 0. The van der Waals surface area contributed by atoms with Gasteiger partial charge in [-0.15, -0.1) is 0 Å². The van der Waals surface area contributed by atoms with Gasteiger partial charge in [-0.25, -0.2) is 0 Å². The van der Waals surface area contributed by atoms with Gasteiger partial charge in [0.25, 0.3) is 17.7 Å². The van der Waals surface area contributed by atoms with Gasteiger partial charge in [-0.1, -0.05) is 37.5 Å². The van der Waals surface area contributed by atoms with Gasteiger partial charge < -0.3 is 4.90 Å². The molecule has 0 spiro atoms. The number of nitrogens with zero attached hydrogens (tertiary/aromatic N) is 2. The highest BCUT2D eigenvalue weighted by molar-refractivity contribution is 6.22. The van der Waals surface area contributed by atoms with Gasteiger partial charge in [-0.2, -0.15) is 0 Å². The zero-order valence-corrected chi connectivity index (χ0v) is 15.7. The van der Waals surface area contributed by atoms with Crippen LogP contribution in [0.15, 0.2) is 42.5 Å². The molecule has 142 valence electrons. The quantitative estimate of drug-likeness (QED) is 0.751. The van der Waals surface area contributed by atoms with Gasteiger partial charge in [0.2, 0.25) is 0 Å². The molecule has 2 heterocycles. The Morgan fingerprint density at radius 3 is 2.46 bits per heavy atom. The first-order valence-corrected chi connectivity index (χ1v) is 10.1. The third-order valence-electron chi connectivity index (χ3n) is 6.24. The molecule has 0 aromatic heterocycles. The van der Waals surface area contributed by atoms with Gasteiger partial charge in [-0.3, -0.25) is 19.3 Å². The Morgan fingerprint density at radius 1 is 0.893 bits per heavy atom. The molecule has 2 aromatic rings. The number of anilines is 1. The molecule has 3 amide bonds. The van der Waals surface area contributed by atoms with E-state index in [1.165, 1.54) is 4.90 Å². The number of carbonyl (C=O) groups excluding carboxylic acids is 3. The number of para-hydroxylation sites is 1. The maximum atomic E-state index is 13.1. The van der Waals surface area contributed by atoms with Crippen LogP contribution in [-0.2, 0) is 6.42 Å². The zero-order chi connectivity index (χ0) is 19.3. The minimum absolute atomic E-state index is 0.00856. The maximum absolute atomic E-state index is 13.1. The van der Waals surface area contributed by atoms with Crippen molar-refractivity contribution in [1.82, 2.24) is 4.90 Å². The summed E-state index contributed by atoms with van der Waals surface area (Å²) in [7, 11) is 0. The third-order valence-corrected chi connectivity index (χ3v) is 6.24. The lowest BCUT2D eigenvalue weighted by Gasteiger charge is -2.29. The van der Waals surface area contributed by atoms with E-state index in [9.17, 15) is 14.4 Å². The summed E-state index contributed by atoms with van der Waals surface area (Å²) in [6.45, 7) is 0.635. The lowest BCUT2D eigenvalue weighted by molar-refractivity contribution is 0.0549. The second kappa shape index (κ2) is 6.59. The monoisotopic (exact) mass is 374 g/mol. The van der Waals surface area contributed by atoms with E-state index < -0.39 is 0 Å². The number of fused-ring (bicyclic) bond motifs is 2. The minimum atomic E-state index is -0.247. The first-order chi connectivity index (χ1) is 13.6. The number of imide groups is 1. The Hall–Kier alpha value is -2.95. The minimum Gasteiger partial charge on any atom is -0.308 e. The second-order valence-corrected chi connectivity index (χ2v) is 7.87. The Morgan fingerprint density at radius 2 is 1.64 bits per heavy atom.